The number of aryl methyl sites for hydroxylation is 1. The van der Waals surface area contributed by atoms with Crippen molar-refractivity contribution in [3.63, 3.8) is 0 Å². The number of nitrogens with zero attached hydrogens (tertiary/aromatic N) is 1. The predicted molar refractivity (Wildman–Crippen MR) is 141 cm³/mol. The van der Waals surface area contributed by atoms with E-state index in [-0.39, 0.29) is 17.2 Å². The molecular weight excluding hydrogens is 458 g/mol. The minimum absolute atomic E-state index is 0.207. The van der Waals surface area contributed by atoms with Crippen LogP contribution in [0.2, 0.25) is 5.04 Å². The first-order valence-corrected chi connectivity index (χ1v) is 14.0. The molecule has 3 N–H and O–H groups in total. The molecule has 1 aliphatic heterocycles. The molecule has 0 amide bonds. The number of benzene rings is 2. The van der Waals surface area contributed by atoms with Crippen LogP contribution in [0.1, 0.15) is 45.9 Å². The summed E-state index contributed by atoms with van der Waals surface area (Å²) in [6.45, 7) is 10.2. The number of H-pyrrole nitrogens is 1. The van der Waals surface area contributed by atoms with Crippen LogP contribution < -0.4 is 27.4 Å². The highest BCUT2D eigenvalue weighted by Gasteiger charge is 2.54. The molecule has 4 rings (SSSR count). The van der Waals surface area contributed by atoms with Crippen LogP contribution in [-0.2, 0) is 9.16 Å². The third kappa shape index (κ3) is 4.71. The Labute approximate surface area is 207 Å². The summed E-state index contributed by atoms with van der Waals surface area (Å²) in [7, 11) is -2.85. The van der Waals surface area contributed by atoms with Crippen LogP contribution in [-0.4, -0.2) is 36.1 Å². The van der Waals surface area contributed by atoms with Gasteiger partial charge in [-0.2, -0.15) is 0 Å². The molecule has 2 aromatic carbocycles. The van der Waals surface area contributed by atoms with Crippen LogP contribution in [0, 0.1) is 6.92 Å². The number of hydrogen-bond acceptors (Lipinski definition) is 5. The number of ether oxygens (including phenoxy) is 1. The summed E-state index contributed by atoms with van der Waals surface area (Å²) in [5.74, 6) is 0. The summed E-state index contributed by atoms with van der Waals surface area (Å²) in [6, 6.07) is 20.5. The van der Waals surface area contributed by atoms with E-state index in [1.165, 1.54) is 14.9 Å². The summed E-state index contributed by atoms with van der Waals surface area (Å²) in [5, 5.41) is 2.13. The van der Waals surface area contributed by atoms with Gasteiger partial charge >= 0.3 is 5.69 Å². The lowest BCUT2D eigenvalue weighted by Gasteiger charge is -2.45. The largest absolute Gasteiger partial charge is 0.402 e. The Morgan fingerprint density at radius 3 is 2.09 bits per heavy atom. The number of rotatable bonds is 6. The van der Waals surface area contributed by atoms with E-state index in [9.17, 15) is 9.59 Å². The van der Waals surface area contributed by atoms with Gasteiger partial charge in [0, 0.05) is 24.2 Å². The van der Waals surface area contributed by atoms with Crippen LogP contribution in [0.15, 0.2) is 76.4 Å². The van der Waals surface area contributed by atoms with Crippen LogP contribution in [0.3, 0.4) is 0 Å². The lowest BCUT2D eigenvalue weighted by atomic mass is 10.1. The van der Waals surface area contributed by atoms with Crippen molar-refractivity contribution in [3.8, 4) is 0 Å². The van der Waals surface area contributed by atoms with E-state index in [4.69, 9.17) is 14.9 Å². The van der Waals surface area contributed by atoms with Crippen LogP contribution in [0.5, 0.6) is 0 Å². The summed E-state index contributed by atoms with van der Waals surface area (Å²) in [4.78, 5) is 26.9. The Morgan fingerprint density at radius 2 is 1.60 bits per heavy atom. The first-order valence-electron chi connectivity index (χ1n) is 12.1. The van der Waals surface area contributed by atoms with Gasteiger partial charge in [0.1, 0.15) is 6.23 Å². The normalized spacial score (nSPS) is 21.7. The zero-order chi connectivity index (χ0) is 25.4. The molecule has 35 heavy (non-hydrogen) atoms. The molecule has 7 nitrogen and oxygen atoms in total. The summed E-state index contributed by atoms with van der Waals surface area (Å²) in [5.41, 5.74) is 5.94. The Kier molecular flexibility index (Phi) is 7.01. The highest BCUT2D eigenvalue weighted by Crippen LogP contribution is 2.41. The Hall–Kier alpha value is -2.78. The van der Waals surface area contributed by atoms with E-state index < -0.39 is 31.9 Å². The maximum atomic E-state index is 12.6. The number of nitrogens with two attached hydrogens (primary N) is 1. The zero-order valence-electron chi connectivity index (χ0n) is 21.0. The molecule has 0 radical (unpaired) electrons. The third-order valence-electron chi connectivity index (χ3n) is 6.83. The van der Waals surface area contributed by atoms with E-state index in [0.29, 0.717) is 12.0 Å². The fourth-order valence-electron chi connectivity index (χ4n) is 5.13. The minimum atomic E-state index is -2.85. The van der Waals surface area contributed by atoms with Crippen molar-refractivity contribution in [3.05, 3.63) is 93.3 Å². The van der Waals surface area contributed by atoms with Crippen molar-refractivity contribution < 1.29 is 9.16 Å². The molecule has 2 heterocycles. The highest BCUT2D eigenvalue weighted by atomic mass is 28.4. The third-order valence-corrected chi connectivity index (χ3v) is 11.9. The maximum Gasteiger partial charge on any atom is 0.330 e. The standard InChI is InChI=1S/C27H35N3O4Si/c1-18-17-30(26(32)29-25(18)31)23-16-22(24(33-23)19(2)28)34-35(27(3,4)5,20-12-8-6-9-13-20)21-14-10-7-11-15-21/h6-15,17,19,22-24H,16,28H2,1-5H3,(H,29,31,32)/t19-,22-,23+,24+/m0/s1. The fourth-order valence-corrected chi connectivity index (χ4v) is 9.83. The van der Waals surface area contributed by atoms with Gasteiger partial charge in [-0.1, -0.05) is 81.4 Å². The summed E-state index contributed by atoms with van der Waals surface area (Å²) in [6.07, 6.45) is 0.653. The van der Waals surface area contributed by atoms with Gasteiger partial charge in [-0.3, -0.25) is 14.3 Å². The second-order valence-corrected chi connectivity index (χ2v) is 14.7. The van der Waals surface area contributed by atoms with Crippen molar-refractivity contribution in [1.29, 1.82) is 0 Å². The van der Waals surface area contributed by atoms with E-state index in [2.05, 4.69) is 74.3 Å². The van der Waals surface area contributed by atoms with Crippen molar-refractivity contribution in [1.82, 2.24) is 9.55 Å². The molecule has 4 atom stereocenters. The molecule has 0 aliphatic carbocycles. The molecule has 0 spiro atoms. The molecule has 1 fully saturated rings. The van der Waals surface area contributed by atoms with E-state index >= 15 is 0 Å². The van der Waals surface area contributed by atoms with Crippen LogP contribution in [0.4, 0.5) is 0 Å². The maximum absolute atomic E-state index is 12.6. The van der Waals surface area contributed by atoms with Gasteiger partial charge in [0.2, 0.25) is 0 Å². The molecule has 0 saturated carbocycles. The lowest BCUT2D eigenvalue weighted by Crippen LogP contribution is -2.68. The van der Waals surface area contributed by atoms with Gasteiger partial charge in [-0.15, -0.1) is 0 Å². The Balaban J connectivity index is 1.82. The predicted octanol–water partition coefficient (Wildman–Crippen LogP) is 2.42. The Morgan fingerprint density at radius 1 is 1.06 bits per heavy atom. The average molecular weight is 494 g/mol. The summed E-state index contributed by atoms with van der Waals surface area (Å²) < 4.78 is 15.1. The van der Waals surface area contributed by atoms with Crippen LogP contribution >= 0.6 is 0 Å². The topological polar surface area (TPSA) is 99.3 Å². The monoisotopic (exact) mass is 493 g/mol. The molecule has 0 bridgehead atoms. The first kappa shape index (κ1) is 25.3. The fraction of sp³-hybridized carbons (Fsp3) is 0.407. The van der Waals surface area contributed by atoms with Crippen molar-refractivity contribution in [2.75, 3.05) is 0 Å². The molecule has 1 saturated heterocycles. The SMILES string of the molecule is Cc1cn([C@H]2C[C@H](O[Si](c3ccccc3)(c3ccccc3)C(C)(C)C)[C@@H]([C@H](C)N)O2)c(=O)[nH]c1=O. The van der Waals surface area contributed by atoms with E-state index in [1.54, 1.807) is 13.1 Å². The van der Waals surface area contributed by atoms with Crippen molar-refractivity contribution in [2.45, 2.75) is 70.6 Å². The zero-order valence-corrected chi connectivity index (χ0v) is 22.0. The quantitative estimate of drug-likeness (QED) is 0.514. The van der Waals surface area contributed by atoms with Gasteiger partial charge < -0.3 is 14.9 Å². The first-order chi connectivity index (χ1) is 16.5. The van der Waals surface area contributed by atoms with Gasteiger partial charge in [-0.25, -0.2) is 4.79 Å². The number of nitrogens with one attached hydrogen (secondary N) is 1. The second-order valence-electron chi connectivity index (χ2n) is 10.4. The van der Waals surface area contributed by atoms with Gasteiger partial charge in [0.25, 0.3) is 13.9 Å². The lowest BCUT2D eigenvalue weighted by molar-refractivity contribution is -0.0275. The van der Waals surface area contributed by atoms with Crippen molar-refractivity contribution >= 4 is 18.7 Å². The molecule has 1 aromatic heterocycles. The van der Waals surface area contributed by atoms with Crippen LogP contribution in [0.25, 0.3) is 0 Å². The Bertz CT molecular complexity index is 1230. The second kappa shape index (κ2) is 9.70. The molecule has 1 aliphatic rings. The van der Waals surface area contributed by atoms with Gasteiger partial charge in [-0.05, 0) is 29.3 Å². The van der Waals surface area contributed by atoms with Gasteiger partial charge in [0.15, 0.2) is 0 Å². The minimum Gasteiger partial charge on any atom is -0.402 e. The van der Waals surface area contributed by atoms with E-state index in [0.717, 1.165) is 0 Å². The molecule has 3 aromatic rings. The molecule has 186 valence electrons. The molecule has 0 unspecified atom stereocenters. The van der Waals surface area contributed by atoms with Crippen molar-refractivity contribution in [2.24, 2.45) is 5.73 Å². The van der Waals surface area contributed by atoms with E-state index in [1.807, 2.05) is 19.1 Å². The number of aromatic nitrogens is 2. The molecular formula is C27H35N3O4Si. The highest BCUT2D eigenvalue weighted by molar-refractivity contribution is 6.99. The summed E-state index contributed by atoms with van der Waals surface area (Å²) >= 11 is 0. The van der Waals surface area contributed by atoms with Gasteiger partial charge in [0.05, 0.1) is 12.2 Å². The average Bonchev–Trinajstić information content (AvgIpc) is 3.24. The smallest absolute Gasteiger partial charge is 0.330 e. The number of aromatic amines is 1. The number of hydrogen-bond donors (Lipinski definition) is 2. The molecule has 8 heteroatoms.